The van der Waals surface area contributed by atoms with Gasteiger partial charge in [0, 0.05) is 15.8 Å². The maximum Gasteiger partial charge on any atom is 0.263 e. The van der Waals surface area contributed by atoms with Gasteiger partial charge in [0.05, 0.1) is 11.6 Å². The SMILES string of the molecule is Cc1ccccc1NC(=O)CNC(=O)c1sc2ccccc2c1Cl. The maximum atomic E-state index is 12.3. The minimum Gasteiger partial charge on any atom is -0.342 e. The Balaban J connectivity index is 1.65. The lowest BCUT2D eigenvalue weighted by atomic mass is 10.2. The normalized spacial score (nSPS) is 10.6. The minimum absolute atomic E-state index is 0.113. The molecule has 0 saturated carbocycles. The second kappa shape index (κ2) is 7.03. The molecule has 6 heteroatoms. The van der Waals surface area contributed by atoms with Crippen molar-refractivity contribution in [3.05, 3.63) is 64.0 Å². The first-order valence-corrected chi connectivity index (χ1v) is 8.56. The molecular weight excluding hydrogens is 344 g/mol. The van der Waals surface area contributed by atoms with Crippen LogP contribution in [0.5, 0.6) is 0 Å². The first kappa shape index (κ1) is 16.5. The lowest BCUT2D eigenvalue weighted by Crippen LogP contribution is -2.32. The number of rotatable bonds is 4. The first-order valence-electron chi connectivity index (χ1n) is 7.37. The van der Waals surface area contributed by atoms with E-state index >= 15 is 0 Å². The van der Waals surface area contributed by atoms with E-state index in [2.05, 4.69) is 10.6 Å². The average Bonchev–Trinajstić information content (AvgIpc) is 2.92. The van der Waals surface area contributed by atoms with Gasteiger partial charge in [-0.2, -0.15) is 0 Å². The maximum absolute atomic E-state index is 12.3. The predicted molar refractivity (Wildman–Crippen MR) is 99.0 cm³/mol. The summed E-state index contributed by atoms with van der Waals surface area (Å²) >= 11 is 7.58. The highest BCUT2D eigenvalue weighted by Gasteiger charge is 2.17. The van der Waals surface area contributed by atoms with Crippen LogP contribution in [0.25, 0.3) is 10.1 Å². The van der Waals surface area contributed by atoms with Crippen LogP contribution >= 0.6 is 22.9 Å². The van der Waals surface area contributed by atoms with E-state index in [9.17, 15) is 9.59 Å². The molecule has 2 N–H and O–H groups in total. The summed E-state index contributed by atoms with van der Waals surface area (Å²) in [7, 11) is 0. The van der Waals surface area contributed by atoms with Crippen molar-refractivity contribution in [2.75, 3.05) is 11.9 Å². The van der Waals surface area contributed by atoms with Crippen molar-refractivity contribution >= 4 is 50.5 Å². The Bertz CT molecular complexity index is 920. The van der Waals surface area contributed by atoms with E-state index in [1.165, 1.54) is 11.3 Å². The highest BCUT2D eigenvalue weighted by molar-refractivity contribution is 7.21. The molecule has 0 unspecified atom stereocenters. The third-order valence-corrected chi connectivity index (χ3v) is 5.24. The van der Waals surface area contributed by atoms with Crippen LogP contribution in [-0.4, -0.2) is 18.4 Å². The molecule has 0 fully saturated rings. The Hall–Kier alpha value is -2.37. The van der Waals surface area contributed by atoms with Crippen LogP contribution in [0.3, 0.4) is 0 Å². The predicted octanol–water partition coefficient (Wildman–Crippen LogP) is 4.23. The molecule has 0 atom stereocenters. The van der Waals surface area contributed by atoms with Crippen LogP contribution in [0.4, 0.5) is 5.69 Å². The molecule has 3 aromatic rings. The molecule has 1 heterocycles. The quantitative estimate of drug-likeness (QED) is 0.733. The number of hydrogen-bond acceptors (Lipinski definition) is 3. The number of nitrogens with one attached hydrogen (secondary N) is 2. The minimum atomic E-state index is -0.346. The summed E-state index contributed by atoms with van der Waals surface area (Å²) in [6.07, 6.45) is 0. The van der Waals surface area contributed by atoms with Gasteiger partial charge in [-0.15, -0.1) is 11.3 Å². The molecule has 24 heavy (non-hydrogen) atoms. The van der Waals surface area contributed by atoms with Gasteiger partial charge in [-0.3, -0.25) is 9.59 Å². The second-order valence-electron chi connectivity index (χ2n) is 5.29. The second-order valence-corrected chi connectivity index (χ2v) is 6.72. The number of carbonyl (C=O) groups is 2. The van der Waals surface area contributed by atoms with Crippen LogP contribution in [0.15, 0.2) is 48.5 Å². The summed E-state index contributed by atoms with van der Waals surface area (Å²) in [4.78, 5) is 24.7. The van der Waals surface area contributed by atoms with Gasteiger partial charge in [0.2, 0.25) is 5.91 Å². The number of halogens is 1. The van der Waals surface area contributed by atoms with Crippen molar-refractivity contribution in [2.45, 2.75) is 6.92 Å². The standard InChI is InChI=1S/C18H15ClN2O2S/c1-11-6-2-4-8-13(11)21-15(22)10-20-18(23)17-16(19)12-7-3-5-9-14(12)24-17/h2-9H,10H2,1H3,(H,20,23)(H,21,22). The van der Waals surface area contributed by atoms with Crippen molar-refractivity contribution < 1.29 is 9.59 Å². The highest BCUT2D eigenvalue weighted by atomic mass is 35.5. The van der Waals surface area contributed by atoms with Gasteiger partial charge in [-0.1, -0.05) is 48.0 Å². The van der Waals surface area contributed by atoms with Crippen molar-refractivity contribution in [3.63, 3.8) is 0 Å². The van der Waals surface area contributed by atoms with E-state index in [-0.39, 0.29) is 18.4 Å². The van der Waals surface area contributed by atoms with Gasteiger partial charge in [0.15, 0.2) is 0 Å². The van der Waals surface area contributed by atoms with Crippen molar-refractivity contribution in [1.82, 2.24) is 5.32 Å². The topological polar surface area (TPSA) is 58.2 Å². The highest BCUT2D eigenvalue weighted by Crippen LogP contribution is 2.34. The number of fused-ring (bicyclic) bond motifs is 1. The van der Waals surface area contributed by atoms with Crippen molar-refractivity contribution in [2.24, 2.45) is 0 Å². The smallest absolute Gasteiger partial charge is 0.263 e. The summed E-state index contributed by atoms with van der Waals surface area (Å²) in [5, 5.41) is 6.66. The molecule has 0 aliphatic carbocycles. The Kier molecular flexibility index (Phi) is 4.83. The van der Waals surface area contributed by atoms with E-state index in [1.54, 1.807) is 0 Å². The number of hydrogen-bond donors (Lipinski definition) is 2. The van der Waals surface area contributed by atoms with Gasteiger partial charge in [0.1, 0.15) is 4.88 Å². The molecule has 0 saturated heterocycles. The number of anilines is 1. The molecule has 0 aliphatic rings. The number of para-hydroxylation sites is 1. The van der Waals surface area contributed by atoms with E-state index in [1.807, 2.05) is 55.5 Å². The zero-order valence-electron chi connectivity index (χ0n) is 12.9. The van der Waals surface area contributed by atoms with E-state index in [0.29, 0.717) is 9.90 Å². The molecule has 0 spiro atoms. The van der Waals surface area contributed by atoms with Crippen LogP contribution in [0.1, 0.15) is 15.2 Å². The zero-order valence-corrected chi connectivity index (χ0v) is 14.5. The van der Waals surface area contributed by atoms with Gasteiger partial charge >= 0.3 is 0 Å². The third-order valence-electron chi connectivity index (χ3n) is 3.57. The number of thiophene rings is 1. The van der Waals surface area contributed by atoms with Crippen molar-refractivity contribution in [3.8, 4) is 0 Å². The summed E-state index contributed by atoms with van der Waals surface area (Å²) in [5.41, 5.74) is 1.70. The molecule has 2 aromatic carbocycles. The molecule has 3 rings (SSSR count). The van der Waals surface area contributed by atoms with Gasteiger partial charge in [0.25, 0.3) is 5.91 Å². The Labute approximate surface area is 148 Å². The lowest BCUT2D eigenvalue weighted by molar-refractivity contribution is -0.115. The monoisotopic (exact) mass is 358 g/mol. The first-order chi connectivity index (χ1) is 11.6. The van der Waals surface area contributed by atoms with Crippen LogP contribution < -0.4 is 10.6 Å². The van der Waals surface area contributed by atoms with Crippen LogP contribution in [-0.2, 0) is 4.79 Å². The summed E-state index contributed by atoms with van der Waals surface area (Å²) in [5.74, 6) is -0.629. The number of benzene rings is 2. The molecule has 0 radical (unpaired) electrons. The Morgan fingerprint density at radius 1 is 1.08 bits per heavy atom. The van der Waals surface area contributed by atoms with Gasteiger partial charge < -0.3 is 10.6 Å². The third kappa shape index (κ3) is 3.42. The number of aryl methyl sites for hydroxylation is 1. The average molecular weight is 359 g/mol. The fourth-order valence-corrected chi connectivity index (χ4v) is 3.74. The van der Waals surface area contributed by atoms with Gasteiger partial charge in [-0.05, 0) is 24.6 Å². The molecular formula is C18H15ClN2O2S. The van der Waals surface area contributed by atoms with Crippen LogP contribution in [0, 0.1) is 6.92 Å². The van der Waals surface area contributed by atoms with Gasteiger partial charge in [-0.25, -0.2) is 0 Å². The summed E-state index contributed by atoms with van der Waals surface area (Å²) < 4.78 is 0.942. The molecule has 122 valence electrons. The molecule has 0 bridgehead atoms. The van der Waals surface area contributed by atoms with Crippen molar-refractivity contribution in [1.29, 1.82) is 0 Å². The Morgan fingerprint density at radius 2 is 1.79 bits per heavy atom. The molecule has 0 aliphatic heterocycles. The molecule has 2 amide bonds. The summed E-state index contributed by atoms with van der Waals surface area (Å²) in [6, 6.07) is 15.0. The number of carbonyl (C=O) groups excluding carboxylic acids is 2. The molecule has 1 aromatic heterocycles. The fourth-order valence-electron chi connectivity index (χ4n) is 2.31. The van der Waals surface area contributed by atoms with E-state index < -0.39 is 0 Å². The molecule has 4 nitrogen and oxygen atoms in total. The lowest BCUT2D eigenvalue weighted by Gasteiger charge is -2.08. The fraction of sp³-hybridized carbons (Fsp3) is 0.111. The summed E-state index contributed by atoms with van der Waals surface area (Å²) in [6.45, 7) is 1.79. The zero-order chi connectivity index (χ0) is 17.1. The number of amides is 2. The van der Waals surface area contributed by atoms with E-state index in [4.69, 9.17) is 11.6 Å². The van der Waals surface area contributed by atoms with E-state index in [0.717, 1.165) is 21.3 Å². The largest absolute Gasteiger partial charge is 0.342 e. The van der Waals surface area contributed by atoms with Crippen LogP contribution in [0.2, 0.25) is 5.02 Å². The Morgan fingerprint density at radius 3 is 2.54 bits per heavy atom.